The number of nitrogens with zero attached hydrogens (tertiary/aromatic N) is 1. The Bertz CT molecular complexity index is 1310. The van der Waals surface area contributed by atoms with E-state index in [1.165, 1.54) is 13.2 Å². The van der Waals surface area contributed by atoms with Gasteiger partial charge in [-0.05, 0) is 66.3 Å². The molecule has 0 fully saturated rings. The van der Waals surface area contributed by atoms with Gasteiger partial charge in [-0.1, -0.05) is 35.3 Å². The van der Waals surface area contributed by atoms with Gasteiger partial charge < -0.3 is 14.5 Å². The quantitative estimate of drug-likeness (QED) is 0.344. The number of fused-ring (bicyclic) bond motifs is 1. The summed E-state index contributed by atoms with van der Waals surface area (Å²) in [7, 11) is 1.48. The van der Waals surface area contributed by atoms with Crippen molar-refractivity contribution in [3.05, 3.63) is 87.7 Å². The molecule has 0 spiro atoms. The molecule has 0 aliphatic heterocycles. The van der Waals surface area contributed by atoms with Gasteiger partial charge in [0.15, 0.2) is 16.6 Å². The van der Waals surface area contributed by atoms with Gasteiger partial charge >= 0.3 is 0 Å². The molecule has 4 rings (SSSR count). The Morgan fingerprint density at radius 1 is 1.06 bits per heavy atom. The van der Waals surface area contributed by atoms with Crippen molar-refractivity contribution in [2.24, 2.45) is 0 Å². The maximum absolute atomic E-state index is 12.6. The molecule has 0 saturated heterocycles. The first kappa shape index (κ1) is 22.1. The van der Waals surface area contributed by atoms with Crippen molar-refractivity contribution in [1.29, 1.82) is 0 Å². The number of halogens is 2. The third-order valence-electron chi connectivity index (χ3n) is 4.59. The van der Waals surface area contributed by atoms with Crippen LogP contribution in [0, 0.1) is 0 Å². The predicted octanol–water partition coefficient (Wildman–Crippen LogP) is 5.86. The van der Waals surface area contributed by atoms with Gasteiger partial charge in [0.1, 0.15) is 11.3 Å². The molecule has 162 valence electrons. The van der Waals surface area contributed by atoms with E-state index in [4.69, 9.17) is 44.6 Å². The molecule has 9 heteroatoms. The molecule has 1 heterocycles. The average molecular weight is 486 g/mol. The number of aromatic nitrogens is 1. The van der Waals surface area contributed by atoms with Crippen molar-refractivity contribution in [2.75, 3.05) is 12.4 Å². The largest absolute Gasteiger partial charge is 0.496 e. The zero-order valence-electron chi connectivity index (χ0n) is 16.8. The van der Waals surface area contributed by atoms with E-state index in [1.54, 1.807) is 30.3 Å². The Morgan fingerprint density at radius 2 is 1.81 bits per heavy atom. The van der Waals surface area contributed by atoms with Gasteiger partial charge in [0.05, 0.1) is 12.7 Å². The van der Waals surface area contributed by atoms with E-state index in [0.717, 1.165) is 5.56 Å². The zero-order valence-corrected chi connectivity index (χ0v) is 19.1. The van der Waals surface area contributed by atoms with Crippen LogP contribution in [0.1, 0.15) is 21.8 Å². The van der Waals surface area contributed by atoms with E-state index in [2.05, 4.69) is 15.6 Å². The summed E-state index contributed by atoms with van der Waals surface area (Å²) in [5.41, 5.74) is 3.30. The summed E-state index contributed by atoms with van der Waals surface area (Å²) in [6.07, 6.45) is 0.546. The molecular weight excluding hydrogens is 469 g/mol. The van der Waals surface area contributed by atoms with Gasteiger partial charge in [-0.2, -0.15) is 0 Å². The fraction of sp³-hybridized carbons (Fsp3) is 0.0870. The van der Waals surface area contributed by atoms with E-state index in [0.29, 0.717) is 44.9 Å². The summed E-state index contributed by atoms with van der Waals surface area (Å²) in [6, 6.07) is 17.7. The van der Waals surface area contributed by atoms with Crippen molar-refractivity contribution < 1.29 is 13.9 Å². The number of hydrogen-bond acceptors (Lipinski definition) is 5. The van der Waals surface area contributed by atoms with Crippen LogP contribution in [-0.2, 0) is 6.42 Å². The van der Waals surface area contributed by atoms with E-state index in [9.17, 15) is 4.79 Å². The van der Waals surface area contributed by atoms with Gasteiger partial charge in [0, 0.05) is 22.2 Å². The molecule has 0 radical (unpaired) electrons. The molecule has 0 saturated carbocycles. The minimum Gasteiger partial charge on any atom is -0.496 e. The minimum absolute atomic E-state index is 0.126. The number of nitrogens with one attached hydrogen (secondary N) is 2. The van der Waals surface area contributed by atoms with Crippen molar-refractivity contribution in [3.63, 3.8) is 0 Å². The third-order valence-corrected chi connectivity index (χ3v) is 5.28. The number of oxazole rings is 1. The molecule has 0 bridgehead atoms. The lowest BCUT2D eigenvalue weighted by atomic mass is 10.1. The number of benzene rings is 3. The van der Waals surface area contributed by atoms with Crippen molar-refractivity contribution in [3.8, 4) is 5.75 Å². The van der Waals surface area contributed by atoms with Gasteiger partial charge in [0.2, 0.25) is 0 Å². The van der Waals surface area contributed by atoms with E-state index in [-0.39, 0.29) is 10.7 Å². The monoisotopic (exact) mass is 485 g/mol. The van der Waals surface area contributed by atoms with Crippen LogP contribution in [0.3, 0.4) is 0 Å². The fourth-order valence-electron chi connectivity index (χ4n) is 3.10. The van der Waals surface area contributed by atoms with Gasteiger partial charge in [0.25, 0.3) is 5.91 Å². The second-order valence-corrected chi connectivity index (χ2v) is 8.13. The Hall–Kier alpha value is -3.13. The van der Waals surface area contributed by atoms with Gasteiger partial charge in [-0.15, -0.1) is 0 Å². The van der Waals surface area contributed by atoms with Crippen molar-refractivity contribution >= 4 is 63.2 Å². The van der Waals surface area contributed by atoms with Gasteiger partial charge in [-0.25, -0.2) is 4.98 Å². The number of ether oxygens (including phenoxy) is 1. The Morgan fingerprint density at radius 3 is 2.56 bits per heavy atom. The molecular formula is C23H17Cl2N3O3S. The molecule has 0 aliphatic carbocycles. The lowest BCUT2D eigenvalue weighted by Gasteiger charge is -2.12. The maximum Gasteiger partial charge on any atom is 0.261 e. The standard InChI is InChI=1S/C23H17Cl2N3O3S/c1-30-19-8-6-15(25)11-17(19)22(29)28-23(32)26-16-7-9-20-18(12-16)27-21(31-20)10-13-2-4-14(24)5-3-13/h2-9,11-12H,10H2,1H3,(H2,26,28,29,32). The van der Waals surface area contributed by atoms with Gasteiger partial charge in [-0.3, -0.25) is 10.1 Å². The smallest absolute Gasteiger partial charge is 0.261 e. The first-order valence-electron chi connectivity index (χ1n) is 9.51. The number of anilines is 1. The molecule has 1 amide bonds. The molecule has 2 N–H and O–H groups in total. The van der Waals surface area contributed by atoms with E-state index in [1.807, 2.05) is 24.3 Å². The van der Waals surface area contributed by atoms with Crippen LogP contribution in [0.25, 0.3) is 11.1 Å². The molecule has 0 atom stereocenters. The molecule has 0 unspecified atom stereocenters. The van der Waals surface area contributed by atoms with Crippen LogP contribution in [0.2, 0.25) is 10.0 Å². The summed E-state index contributed by atoms with van der Waals surface area (Å²) < 4.78 is 11.0. The number of methoxy groups -OCH3 is 1. The Balaban J connectivity index is 1.44. The molecule has 4 aromatic rings. The molecule has 6 nitrogen and oxygen atoms in total. The van der Waals surface area contributed by atoms with E-state index >= 15 is 0 Å². The van der Waals surface area contributed by atoms with Crippen molar-refractivity contribution in [2.45, 2.75) is 6.42 Å². The summed E-state index contributed by atoms with van der Waals surface area (Å²) in [4.78, 5) is 17.1. The zero-order chi connectivity index (χ0) is 22.7. The topological polar surface area (TPSA) is 76.4 Å². The second-order valence-electron chi connectivity index (χ2n) is 6.85. The second kappa shape index (κ2) is 9.56. The number of carbonyl (C=O) groups is 1. The Labute approximate surface area is 199 Å². The molecule has 1 aromatic heterocycles. The number of thiocarbonyl (C=S) groups is 1. The van der Waals surface area contributed by atoms with Crippen LogP contribution < -0.4 is 15.4 Å². The van der Waals surface area contributed by atoms with Crippen LogP contribution in [0.15, 0.2) is 65.1 Å². The minimum atomic E-state index is -0.436. The summed E-state index contributed by atoms with van der Waals surface area (Å²) in [5.74, 6) is 0.546. The highest BCUT2D eigenvalue weighted by Gasteiger charge is 2.15. The number of hydrogen-bond donors (Lipinski definition) is 2. The highest BCUT2D eigenvalue weighted by atomic mass is 35.5. The number of amides is 1. The first-order chi connectivity index (χ1) is 15.4. The normalized spacial score (nSPS) is 10.7. The number of rotatable bonds is 5. The SMILES string of the molecule is COc1ccc(Cl)cc1C(=O)NC(=S)Nc1ccc2oc(Cc3ccc(Cl)cc3)nc2c1. The lowest BCUT2D eigenvalue weighted by molar-refractivity contribution is 0.0975. The predicted molar refractivity (Wildman–Crippen MR) is 130 cm³/mol. The van der Waals surface area contributed by atoms with Crippen LogP contribution in [-0.4, -0.2) is 23.1 Å². The molecule has 0 aliphatic rings. The Kier molecular flexibility index (Phi) is 6.60. The lowest BCUT2D eigenvalue weighted by Crippen LogP contribution is -2.34. The third kappa shape index (κ3) is 5.19. The average Bonchev–Trinajstić information content (AvgIpc) is 3.16. The first-order valence-corrected chi connectivity index (χ1v) is 10.7. The number of carbonyl (C=O) groups excluding carboxylic acids is 1. The molecule has 32 heavy (non-hydrogen) atoms. The molecule has 3 aromatic carbocycles. The summed E-state index contributed by atoms with van der Waals surface area (Å²) >= 11 is 17.2. The fourth-order valence-corrected chi connectivity index (χ4v) is 3.60. The maximum atomic E-state index is 12.6. The van der Waals surface area contributed by atoms with Crippen molar-refractivity contribution in [1.82, 2.24) is 10.3 Å². The van der Waals surface area contributed by atoms with Crippen LogP contribution in [0.4, 0.5) is 5.69 Å². The van der Waals surface area contributed by atoms with Crippen LogP contribution >= 0.6 is 35.4 Å². The summed E-state index contributed by atoms with van der Waals surface area (Å²) in [5, 5.41) is 6.83. The van der Waals surface area contributed by atoms with E-state index < -0.39 is 5.91 Å². The van der Waals surface area contributed by atoms with Crippen LogP contribution in [0.5, 0.6) is 5.75 Å². The highest BCUT2D eigenvalue weighted by Crippen LogP contribution is 2.24. The highest BCUT2D eigenvalue weighted by molar-refractivity contribution is 7.80. The summed E-state index contributed by atoms with van der Waals surface area (Å²) in [6.45, 7) is 0.